The molecule has 0 fully saturated rings. The van der Waals surface area contributed by atoms with E-state index < -0.39 is 6.04 Å². The molecule has 6 heteroatoms. The SMILES string of the molecule is CC[NH+](CC)Cc1ccccc1CNC(=O)[C@H](C)NC(=O)c1ccccc1Cl. The molecule has 0 aromatic heterocycles. The molecule has 2 amide bonds. The molecule has 0 spiro atoms. The van der Waals surface area contributed by atoms with Gasteiger partial charge in [-0.1, -0.05) is 48.0 Å². The molecule has 28 heavy (non-hydrogen) atoms. The van der Waals surface area contributed by atoms with Gasteiger partial charge in [-0.15, -0.1) is 0 Å². The molecule has 2 aromatic rings. The van der Waals surface area contributed by atoms with Crippen LogP contribution in [0.4, 0.5) is 0 Å². The van der Waals surface area contributed by atoms with Crippen LogP contribution in [0.25, 0.3) is 0 Å². The fourth-order valence-electron chi connectivity index (χ4n) is 2.99. The van der Waals surface area contributed by atoms with Crippen molar-refractivity contribution in [3.05, 3.63) is 70.2 Å². The first kappa shape index (κ1) is 21.9. The minimum absolute atomic E-state index is 0.231. The molecule has 2 aromatic carbocycles. The standard InChI is InChI=1S/C22H28ClN3O2/c1-4-26(5-2)15-18-11-7-6-10-17(18)14-24-21(27)16(3)25-22(28)19-12-8-9-13-20(19)23/h6-13,16H,4-5,14-15H2,1-3H3,(H,24,27)(H,25,28)/p+1/t16-/m0/s1. The molecular weight excluding hydrogens is 374 g/mol. The minimum Gasteiger partial charge on any atom is -0.350 e. The Balaban J connectivity index is 1.95. The third-order valence-corrected chi connectivity index (χ3v) is 5.20. The van der Waals surface area contributed by atoms with E-state index in [0.29, 0.717) is 17.1 Å². The van der Waals surface area contributed by atoms with Gasteiger partial charge in [0.15, 0.2) is 0 Å². The molecule has 0 bridgehead atoms. The van der Waals surface area contributed by atoms with Crippen LogP contribution in [-0.4, -0.2) is 30.9 Å². The van der Waals surface area contributed by atoms with Gasteiger partial charge in [-0.05, 0) is 38.5 Å². The molecule has 0 saturated carbocycles. The molecule has 5 nitrogen and oxygen atoms in total. The van der Waals surface area contributed by atoms with E-state index in [1.54, 1.807) is 31.2 Å². The van der Waals surface area contributed by atoms with Crippen LogP contribution in [0.2, 0.25) is 5.02 Å². The normalized spacial score (nSPS) is 11.9. The van der Waals surface area contributed by atoms with Gasteiger partial charge in [-0.2, -0.15) is 0 Å². The number of carbonyl (C=O) groups is 2. The van der Waals surface area contributed by atoms with Gasteiger partial charge in [-0.25, -0.2) is 0 Å². The highest BCUT2D eigenvalue weighted by atomic mass is 35.5. The van der Waals surface area contributed by atoms with E-state index in [1.165, 1.54) is 10.5 Å². The highest BCUT2D eigenvalue weighted by Crippen LogP contribution is 2.14. The Kier molecular flexibility index (Phi) is 8.48. The van der Waals surface area contributed by atoms with E-state index in [-0.39, 0.29) is 11.8 Å². The lowest BCUT2D eigenvalue weighted by Crippen LogP contribution is -3.10. The maximum atomic E-state index is 12.4. The molecular formula is C22H29ClN3O2+. The van der Waals surface area contributed by atoms with Crippen LogP contribution in [0.15, 0.2) is 48.5 Å². The zero-order valence-electron chi connectivity index (χ0n) is 16.7. The van der Waals surface area contributed by atoms with E-state index in [9.17, 15) is 9.59 Å². The Labute approximate surface area is 172 Å². The molecule has 2 rings (SSSR count). The molecule has 150 valence electrons. The van der Waals surface area contributed by atoms with Gasteiger partial charge in [-0.3, -0.25) is 9.59 Å². The van der Waals surface area contributed by atoms with Crippen molar-refractivity contribution in [3.8, 4) is 0 Å². The molecule has 3 N–H and O–H groups in total. The Hall–Kier alpha value is -2.37. The summed E-state index contributed by atoms with van der Waals surface area (Å²) in [7, 11) is 0. The smallest absolute Gasteiger partial charge is 0.253 e. The first-order valence-electron chi connectivity index (χ1n) is 9.69. The zero-order valence-corrected chi connectivity index (χ0v) is 17.5. The van der Waals surface area contributed by atoms with Crippen LogP contribution in [0, 0.1) is 0 Å². The monoisotopic (exact) mass is 402 g/mol. The number of hydrogen-bond acceptors (Lipinski definition) is 2. The van der Waals surface area contributed by atoms with Gasteiger partial charge in [0.25, 0.3) is 5.91 Å². The summed E-state index contributed by atoms with van der Waals surface area (Å²) in [5.41, 5.74) is 2.69. The summed E-state index contributed by atoms with van der Waals surface area (Å²) in [5.74, 6) is -0.593. The second kappa shape index (κ2) is 10.8. The molecule has 0 aliphatic heterocycles. The summed E-state index contributed by atoms with van der Waals surface area (Å²) >= 11 is 6.04. The second-order valence-electron chi connectivity index (χ2n) is 6.80. The molecule has 1 atom stereocenters. The molecule has 0 aliphatic rings. The van der Waals surface area contributed by atoms with Crippen molar-refractivity contribution in [2.75, 3.05) is 13.1 Å². The topological polar surface area (TPSA) is 62.6 Å². The van der Waals surface area contributed by atoms with Crippen molar-refractivity contribution in [1.82, 2.24) is 10.6 Å². The van der Waals surface area contributed by atoms with Gasteiger partial charge < -0.3 is 15.5 Å². The Bertz CT molecular complexity index is 806. The highest BCUT2D eigenvalue weighted by molar-refractivity contribution is 6.33. The van der Waals surface area contributed by atoms with Crippen molar-refractivity contribution in [2.24, 2.45) is 0 Å². The van der Waals surface area contributed by atoms with Gasteiger partial charge in [0.2, 0.25) is 5.91 Å². The van der Waals surface area contributed by atoms with Crippen molar-refractivity contribution in [3.63, 3.8) is 0 Å². The summed E-state index contributed by atoms with van der Waals surface area (Å²) in [6.07, 6.45) is 0. The van der Waals surface area contributed by atoms with Gasteiger partial charge in [0.05, 0.1) is 23.7 Å². The molecule has 0 aliphatic carbocycles. The minimum atomic E-state index is -0.663. The maximum absolute atomic E-state index is 12.4. The van der Waals surface area contributed by atoms with Crippen molar-refractivity contribution in [2.45, 2.75) is 39.9 Å². The largest absolute Gasteiger partial charge is 0.350 e. The first-order chi connectivity index (χ1) is 13.5. The molecule has 0 saturated heterocycles. The van der Waals surface area contributed by atoms with Crippen LogP contribution in [0.5, 0.6) is 0 Å². The number of carbonyl (C=O) groups excluding carboxylic acids is 2. The van der Waals surface area contributed by atoms with Gasteiger partial charge >= 0.3 is 0 Å². The quantitative estimate of drug-likeness (QED) is 0.602. The predicted octanol–water partition coefficient (Wildman–Crippen LogP) is 2.20. The molecule has 0 heterocycles. The summed E-state index contributed by atoms with van der Waals surface area (Å²) in [5, 5.41) is 5.98. The van der Waals surface area contributed by atoms with Crippen molar-refractivity contribution in [1.29, 1.82) is 0 Å². The van der Waals surface area contributed by atoms with Crippen LogP contribution < -0.4 is 15.5 Å². The van der Waals surface area contributed by atoms with Crippen LogP contribution >= 0.6 is 11.6 Å². The van der Waals surface area contributed by atoms with Crippen molar-refractivity contribution >= 4 is 23.4 Å². The summed E-state index contributed by atoms with van der Waals surface area (Å²) in [6.45, 7) is 9.49. The van der Waals surface area contributed by atoms with E-state index in [0.717, 1.165) is 25.2 Å². The molecule has 0 radical (unpaired) electrons. The number of benzene rings is 2. The third kappa shape index (κ3) is 6.08. The van der Waals surface area contributed by atoms with Crippen LogP contribution in [0.3, 0.4) is 0 Å². The third-order valence-electron chi connectivity index (χ3n) is 4.87. The lowest BCUT2D eigenvalue weighted by Gasteiger charge is -2.19. The Morgan fingerprint density at radius 1 is 1.00 bits per heavy atom. The maximum Gasteiger partial charge on any atom is 0.253 e. The number of halogens is 1. The predicted molar refractivity (Wildman–Crippen MR) is 112 cm³/mol. The second-order valence-corrected chi connectivity index (χ2v) is 7.20. The summed E-state index contributed by atoms with van der Waals surface area (Å²) < 4.78 is 0. The van der Waals surface area contributed by atoms with E-state index in [1.807, 2.05) is 18.2 Å². The van der Waals surface area contributed by atoms with Crippen LogP contribution in [-0.2, 0) is 17.9 Å². The molecule has 0 unspecified atom stereocenters. The summed E-state index contributed by atoms with van der Waals surface area (Å²) in [4.78, 5) is 26.3. The lowest BCUT2D eigenvalue weighted by atomic mass is 10.1. The number of rotatable bonds is 9. The average Bonchev–Trinajstić information content (AvgIpc) is 2.71. The van der Waals surface area contributed by atoms with Crippen molar-refractivity contribution < 1.29 is 14.5 Å². The number of hydrogen-bond donors (Lipinski definition) is 3. The van der Waals surface area contributed by atoms with E-state index in [2.05, 4.69) is 30.5 Å². The Morgan fingerprint density at radius 3 is 2.25 bits per heavy atom. The van der Waals surface area contributed by atoms with Crippen LogP contribution in [0.1, 0.15) is 42.3 Å². The van der Waals surface area contributed by atoms with Gasteiger partial charge in [0.1, 0.15) is 12.6 Å². The van der Waals surface area contributed by atoms with Gasteiger partial charge in [0, 0.05) is 12.1 Å². The zero-order chi connectivity index (χ0) is 20.5. The first-order valence-corrected chi connectivity index (χ1v) is 10.1. The fourth-order valence-corrected chi connectivity index (χ4v) is 3.21. The number of nitrogens with one attached hydrogen (secondary N) is 3. The fraction of sp³-hybridized carbons (Fsp3) is 0.364. The highest BCUT2D eigenvalue weighted by Gasteiger charge is 2.18. The lowest BCUT2D eigenvalue weighted by molar-refractivity contribution is -0.910. The number of amides is 2. The number of quaternary nitrogens is 1. The van der Waals surface area contributed by atoms with E-state index in [4.69, 9.17) is 11.6 Å². The average molecular weight is 403 g/mol. The van der Waals surface area contributed by atoms with E-state index >= 15 is 0 Å². The Morgan fingerprint density at radius 2 is 1.61 bits per heavy atom. The summed E-state index contributed by atoms with van der Waals surface area (Å²) in [6, 6.07) is 14.3.